The van der Waals surface area contributed by atoms with Crippen LogP contribution in [0.1, 0.15) is 91.7 Å². The number of hydrogen-bond acceptors (Lipinski definition) is 8. The summed E-state index contributed by atoms with van der Waals surface area (Å²) in [6.45, 7) is 10.7. The minimum atomic E-state index is -0.820. The molecule has 2 atom stereocenters. The normalized spacial score (nSPS) is 15.2. The Balaban J connectivity index is 0.712. The van der Waals surface area contributed by atoms with Crippen molar-refractivity contribution in [3.05, 3.63) is 393 Å². The van der Waals surface area contributed by atoms with Crippen molar-refractivity contribution in [3.63, 3.8) is 0 Å². The van der Waals surface area contributed by atoms with Crippen LogP contribution in [0.4, 0.5) is 42.9 Å². The number of halogens is 2. The van der Waals surface area contributed by atoms with Crippen LogP contribution < -0.4 is 28.7 Å². The molecule has 0 aliphatic heterocycles. The number of benzene rings is 14. The Bertz CT molecular complexity index is 5410. The zero-order valence-corrected chi connectivity index (χ0v) is 62.0. The molecule has 542 valence electrons. The Morgan fingerprint density at radius 1 is 0.291 bits per heavy atom. The molecule has 10 heteroatoms. The monoisotopic (exact) mass is 1440 g/mol. The summed E-state index contributed by atoms with van der Waals surface area (Å²) in [5.41, 5.74) is 24.7. The van der Waals surface area contributed by atoms with E-state index < -0.39 is 10.8 Å². The van der Waals surface area contributed by atoms with Gasteiger partial charge in [-0.05, 0) is 310 Å². The number of hydrogen-bond donors (Lipinski definition) is 0. The third-order valence-electron chi connectivity index (χ3n) is 22.7. The Kier molecular flexibility index (Phi) is 18.5. The smallest absolute Gasteiger partial charge is 0.128 e. The highest BCUT2D eigenvalue weighted by Crippen LogP contribution is 2.60. The van der Waals surface area contributed by atoms with E-state index in [2.05, 4.69) is 277 Å². The van der Waals surface area contributed by atoms with Crippen molar-refractivity contribution in [1.29, 1.82) is 0 Å². The molecule has 14 aromatic rings. The molecule has 18 rings (SSSR count). The first kappa shape index (κ1) is 69.4. The first-order valence-corrected chi connectivity index (χ1v) is 38.3. The molecule has 0 spiro atoms. The highest BCUT2D eigenvalue weighted by Gasteiger charge is 2.48. The van der Waals surface area contributed by atoms with Crippen LogP contribution in [0.2, 0.25) is 0 Å². The maximum absolute atomic E-state index is 16.3. The Morgan fingerprint density at radius 2 is 0.618 bits per heavy atom. The van der Waals surface area contributed by atoms with E-state index in [9.17, 15) is 0 Å². The lowest BCUT2D eigenvalue weighted by Gasteiger charge is -2.35. The zero-order chi connectivity index (χ0) is 74.5. The number of aryl methyl sites for hydroxylation is 6. The molecular weight excluding hydrogens is 1360 g/mol. The molecule has 0 saturated carbocycles. The standard InChI is InChI=1S/C100H82F2N2O6/c1-5-105-55-57-107-83-45-27-73(28-46-83)99(75-31-49-85(50-32-75)109-87-43-25-69-17-19-71(69)59-87)93-13-9-7-11-89(93)91-53-41-79(61-95(91)99)103(81-35-15-65(3)97(101)63-81)77-37-21-67(22-38-77)68-23-39-78(40-24-68)104(82-36-16-66(4)98(102)64-82)80-42-54-92-90-12-8-10-14-94(90)100(96(92)62-80,74-29-47-84(48-30-74)108-58-56-106-6-2)76-33-51-86(52-34-76)110-88-44-26-70-18-20-72(70)60-88/h7-16,21-54,59-64H,5-6,17-20,55-58H2,1-4H3. The number of rotatable bonds is 25. The summed E-state index contributed by atoms with van der Waals surface area (Å²) >= 11 is 0. The number of ether oxygens (including phenoxy) is 6. The van der Waals surface area contributed by atoms with Crippen molar-refractivity contribution in [2.45, 2.75) is 64.2 Å². The van der Waals surface area contributed by atoms with E-state index in [1.165, 1.54) is 22.3 Å². The molecule has 4 aliphatic carbocycles. The van der Waals surface area contributed by atoms with E-state index in [1.807, 2.05) is 38.1 Å². The molecule has 8 nitrogen and oxygen atoms in total. The van der Waals surface area contributed by atoms with Crippen molar-refractivity contribution < 1.29 is 37.2 Å². The largest absolute Gasteiger partial charge is 0.491 e. The molecule has 4 aliphatic rings. The maximum Gasteiger partial charge on any atom is 0.128 e. The fraction of sp³-hybridized carbons (Fsp3) is 0.160. The zero-order valence-electron chi connectivity index (χ0n) is 62.0. The number of anilines is 6. The lowest BCUT2D eigenvalue weighted by Crippen LogP contribution is -2.28. The van der Waals surface area contributed by atoms with Gasteiger partial charge in [0.05, 0.1) is 24.0 Å². The van der Waals surface area contributed by atoms with Gasteiger partial charge in [-0.1, -0.05) is 158 Å². The van der Waals surface area contributed by atoms with Crippen LogP contribution in [-0.2, 0) is 46.0 Å². The van der Waals surface area contributed by atoms with E-state index in [0.29, 0.717) is 62.1 Å². The molecule has 0 bridgehead atoms. The highest BCUT2D eigenvalue weighted by atomic mass is 19.1. The fourth-order valence-electron chi connectivity index (χ4n) is 16.9. The molecule has 0 saturated heterocycles. The van der Waals surface area contributed by atoms with Gasteiger partial charge in [-0.2, -0.15) is 0 Å². The van der Waals surface area contributed by atoms with Crippen molar-refractivity contribution >= 4 is 34.1 Å². The molecule has 14 aromatic carbocycles. The van der Waals surface area contributed by atoms with Gasteiger partial charge in [-0.15, -0.1) is 0 Å². The van der Waals surface area contributed by atoms with Crippen LogP contribution in [0.5, 0.6) is 34.5 Å². The fourth-order valence-corrected chi connectivity index (χ4v) is 16.9. The maximum atomic E-state index is 16.3. The van der Waals surface area contributed by atoms with E-state index in [1.54, 1.807) is 26.0 Å². The Morgan fingerprint density at radius 3 is 0.973 bits per heavy atom. The Labute approximate surface area is 642 Å². The minimum Gasteiger partial charge on any atom is -0.491 e. The van der Waals surface area contributed by atoms with Crippen molar-refractivity contribution in [1.82, 2.24) is 0 Å². The third-order valence-corrected chi connectivity index (χ3v) is 22.7. The molecule has 0 N–H and O–H groups in total. The van der Waals surface area contributed by atoms with E-state index in [-0.39, 0.29) is 11.6 Å². The van der Waals surface area contributed by atoms with Crippen molar-refractivity contribution in [2.24, 2.45) is 0 Å². The highest BCUT2D eigenvalue weighted by molar-refractivity contribution is 5.92. The first-order valence-electron chi connectivity index (χ1n) is 38.3. The quantitative estimate of drug-likeness (QED) is 0.0525. The van der Waals surface area contributed by atoms with Gasteiger partial charge in [-0.3, -0.25) is 0 Å². The average molecular weight is 1450 g/mol. The van der Waals surface area contributed by atoms with Crippen molar-refractivity contribution in [3.8, 4) is 67.9 Å². The van der Waals surface area contributed by atoms with E-state index in [4.69, 9.17) is 28.4 Å². The molecule has 0 fully saturated rings. The topological polar surface area (TPSA) is 61.9 Å². The van der Waals surface area contributed by atoms with Gasteiger partial charge < -0.3 is 38.2 Å². The SMILES string of the molecule is CCOCCOc1ccc(C2(c3ccc(Oc4ccc5c(c4)CC5)cc3)c3ccccc3-c3ccc(N(c4ccc(-c5ccc(N(c6ccc(C)c(F)c6)c6ccc7c(c6)C(c6ccc(OCCOCC)cc6)(c6ccc(Oc8ccc9c(c8)CC9)cc6)c6ccccc6-7)cc5)cc4)c4ccc(C)c(F)c4)cc32)cc1. The van der Waals surface area contributed by atoms with Gasteiger partial charge in [0.25, 0.3) is 0 Å². The molecule has 0 radical (unpaired) electrons. The number of fused-ring (bicyclic) bond motifs is 8. The van der Waals surface area contributed by atoms with Crippen LogP contribution in [0.3, 0.4) is 0 Å². The third kappa shape index (κ3) is 12.5. The van der Waals surface area contributed by atoms with Crippen LogP contribution >= 0.6 is 0 Å². The minimum absolute atomic E-state index is 0.300. The number of nitrogens with zero attached hydrogens (tertiary/aromatic N) is 2. The summed E-state index contributed by atoms with van der Waals surface area (Å²) < 4.78 is 69.4. The molecular formula is C100H82F2N2O6. The van der Waals surface area contributed by atoms with Crippen LogP contribution in [0.15, 0.2) is 303 Å². The molecule has 110 heavy (non-hydrogen) atoms. The van der Waals surface area contributed by atoms with Crippen molar-refractivity contribution in [2.75, 3.05) is 49.4 Å². The summed E-state index contributed by atoms with van der Waals surface area (Å²) in [6.07, 6.45) is 4.35. The Hall–Kier alpha value is -12.3. The second-order valence-corrected chi connectivity index (χ2v) is 28.9. The molecule has 0 amide bonds. The lowest BCUT2D eigenvalue weighted by atomic mass is 9.67. The molecule has 2 unspecified atom stereocenters. The van der Waals surface area contributed by atoms with Gasteiger partial charge >= 0.3 is 0 Å². The second-order valence-electron chi connectivity index (χ2n) is 28.9. The average Bonchev–Trinajstić information content (AvgIpc) is 1.55. The first-order chi connectivity index (χ1) is 54.0. The van der Waals surface area contributed by atoms with Gasteiger partial charge in [-0.25, -0.2) is 8.78 Å². The van der Waals surface area contributed by atoms with Crippen LogP contribution in [0, 0.1) is 25.5 Å². The van der Waals surface area contributed by atoms with Gasteiger partial charge in [0.1, 0.15) is 59.3 Å². The summed E-state index contributed by atoms with van der Waals surface area (Å²) in [7, 11) is 0. The summed E-state index contributed by atoms with van der Waals surface area (Å²) in [4.78, 5) is 4.31. The van der Waals surface area contributed by atoms with Crippen LogP contribution in [0.25, 0.3) is 33.4 Å². The van der Waals surface area contributed by atoms with Crippen LogP contribution in [-0.4, -0.2) is 39.6 Å². The van der Waals surface area contributed by atoms with Gasteiger partial charge in [0.2, 0.25) is 0 Å². The van der Waals surface area contributed by atoms with E-state index in [0.717, 1.165) is 161 Å². The summed E-state index contributed by atoms with van der Waals surface area (Å²) in [6, 6.07) is 106. The predicted molar refractivity (Wildman–Crippen MR) is 437 cm³/mol. The summed E-state index contributed by atoms with van der Waals surface area (Å²) in [5, 5.41) is 0. The van der Waals surface area contributed by atoms with Gasteiger partial charge in [0.15, 0.2) is 0 Å². The molecule has 0 aromatic heterocycles. The molecule has 0 heterocycles. The summed E-state index contributed by atoms with van der Waals surface area (Å²) in [5.74, 6) is 4.06. The van der Waals surface area contributed by atoms with E-state index >= 15 is 8.78 Å². The lowest BCUT2D eigenvalue weighted by molar-refractivity contribution is 0.110. The predicted octanol–water partition coefficient (Wildman–Crippen LogP) is 24.5. The van der Waals surface area contributed by atoms with Gasteiger partial charge in [0, 0.05) is 47.3 Å². The second kappa shape index (κ2) is 29.3.